The predicted octanol–water partition coefficient (Wildman–Crippen LogP) is 2.61. The lowest BCUT2D eigenvalue weighted by atomic mass is 10.2. The molecule has 5 heteroatoms. The first-order valence-electron chi connectivity index (χ1n) is 6.21. The first kappa shape index (κ1) is 13.6. The molecule has 1 aromatic rings. The van der Waals surface area contributed by atoms with Crippen LogP contribution in [0.3, 0.4) is 0 Å². The van der Waals surface area contributed by atoms with Gasteiger partial charge in [0.1, 0.15) is 5.82 Å². The highest BCUT2D eigenvalue weighted by Crippen LogP contribution is 2.18. The van der Waals surface area contributed by atoms with Gasteiger partial charge < -0.3 is 10.1 Å². The molecule has 1 aromatic carbocycles. The fourth-order valence-electron chi connectivity index (χ4n) is 2.08. The normalized spacial score (nSPS) is 20.9. The molecule has 3 nitrogen and oxygen atoms in total. The van der Waals surface area contributed by atoms with Crippen molar-refractivity contribution in [1.29, 1.82) is 0 Å². The van der Waals surface area contributed by atoms with Crippen LogP contribution >= 0.6 is 11.6 Å². The largest absolute Gasteiger partial charge is 0.382 e. The Hall–Kier alpha value is -0.840. The topological polar surface area (TPSA) is 24.5 Å². The van der Waals surface area contributed by atoms with Crippen molar-refractivity contribution in [3.8, 4) is 0 Å². The highest BCUT2D eigenvalue weighted by molar-refractivity contribution is 6.30. The van der Waals surface area contributed by atoms with Crippen LogP contribution in [-0.4, -0.2) is 43.8 Å². The molecule has 0 saturated carbocycles. The van der Waals surface area contributed by atoms with Gasteiger partial charge >= 0.3 is 0 Å². The Labute approximate surface area is 112 Å². The number of benzene rings is 1. The fourth-order valence-corrected chi connectivity index (χ4v) is 2.30. The maximum Gasteiger partial charge on any atom is 0.126 e. The van der Waals surface area contributed by atoms with E-state index in [1.165, 1.54) is 12.1 Å². The smallest absolute Gasteiger partial charge is 0.126 e. The molecule has 1 aliphatic heterocycles. The van der Waals surface area contributed by atoms with E-state index in [1.54, 1.807) is 6.07 Å². The van der Waals surface area contributed by atoms with E-state index in [0.29, 0.717) is 17.3 Å². The lowest BCUT2D eigenvalue weighted by molar-refractivity contribution is -0.0191. The number of rotatable bonds is 4. The summed E-state index contributed by atoms with van der Waals surface area (Å²) in [6.07, 6.45) is 0.140. The molecule has 0 aromatic heterocycles. The third kappa shape index (κ3) is 3.83. The van der Waals surface area contributed by atoms with Gasteiger partial charge in [-0.25, -0.2) is 4.39 Å². The Morgan fingerprint density at radius 3 is 3.06 bits per heavy atom. The van der Waals surface area contributed by atoms with Crippen molar-refractivity contribution in [3.05, 3.63) is 29.0 Å². The Bertz CT molecular complexity index is 382. The summed E-state index contributed by atoms with van der Waals surface area (Å²) in [6.45, 7) is 6.49. The Morgan fingerprint density at radius 2 is 2.33 bits per heavy atom. The molecule has 1 heterocycles. The number of ether oxygens (including phenoxy) is 1. The third-order valence-electron chi connectivity index (χ3n) is 3.07. The molecule has 1 aliphatic rings. The van der Waals surface area contributed by atoms with E-state index in [9.17, 15) is 4.39 Å². The van der Waals surface area contributed by atoms with Gasteiger partial charge in [0.2, 0.25) is 0 Å². The van der Waals surface area contributed by atoms with E-state index >= 15 is 0 Å². The van der Waals surface area contributed by atoms with Gasteiger partial charge in [-0.1, -0.05) is 18.5 Å². The standard InChI is InChI=1S/C13H18ClFN2O/c1-2-17-3-4-18-13(9-17)8-16-12-6-10(14)5-11(15)7-12/h5-7,13,16H,2-4,8-9H2,1H3. The third-order valence-corrected chi connectivity index (χ3v) is 3.28. The minimum atomic E-state index is -0.329. The maximum atomic E-state index is 13.1. The van der Waals surface area contributed by atoms with Crippen LogP contribution in [0.25, 0.3) is 0 Å². The molecule has 0 bridgehead atoms. The van der Waals surface area contributed by atoms with Crippen molar-refractivity contribution < 1.29 is 9.13 Å². The second-order valence-corrected chi connectivity index (χ2v) is 4.86. The van der Waals surface area contributed by atoms with Gasteiger partial charge in [0.25, 0.3) is 0 Å². The number of hydrogen-bond donors (Lipinski definition) is 1. The minimum absolute atomic E-state index is 0.140. The van der Waals surface area contributed by atoms with Crippen LogP contribution in [0.5, 0.6) is 0 Å². The summed E-state index contributed by atoms with van der Waals surface area (Å²) in [5.41, 5.74) is 0.692. The summed E-state index contributed by atoms with van der Waals surface area (Å²) >= 11 is 5.80. The number of anilines is 1. The number of halogens is 2. The maximum absolute atomic E-state index is 13.1. The minimum Gasteiger partial charge on any atom is -0.382 e. The summed E-state index contributed by atoms with van der Waals surface area (Å²) in [7, 11) is 0. The zero-order valence-corrected chi connectivity index (χ0v) is 11.2. The highest BCUT2D eigenvalue weighted by atomic mass is 35.5. The average molecular weight is 273 g/mol. The fraction of sp³-hybridized carbons (Fsp3) is 0.538. The van der Waals surface area contributed by atoms with Crippen molar-refractivity contribution in [3.63, 3.8) is 0 Å². The van der Waals surface area contributed by atoms with E-state index in [-0.39, 0.29) is 11.9 Å². The van der Waals surface area contributed by atoms with E-state index in [2.05, 4.69) is 17.1 Å². The predicted molar refractivity (Wildman–Crippen MR) is 71.8 cm³/mol. The first-order valence-corrected chi connectivity index (χ1v) is 6.59. The van der Waals surface area contributed by atoms with Gasteiger partial charge in [-0.3, -0.25) is 4.90 Å². The van der Waals surface area contributed by atoms with E-state index in [4.69, 9.17) is 16.3 Å². The van der Waals surface area contributed by atoms with Crippen molar-refractivity contribution in [2.45, 2.75) is 13.0 Å². The van der Waals surface area contributed by atoms with Crippen LogP contribution in [0.1, 0.15) is 6.92 Å². The number of likely N-dealkylation sites (N-methyl/N-ethyl adjacent to an activating group) is 1. The van der Waals surface area contributed by atoms with Gasteiger partial charge in [-0.2, -0.15) is 0 Å². The molecular weight excluding hydrogens is 255 g/mol. The summed E-state index contributed by atoms with van der Waals surface area (Å²) in [5, 5.41) is 3.56. The lowest BCUT2D eigenvalue weighted by Crippen LogP contribution is -2.45. The molecule has 1 unspecified atom stereocenters. The molecule has 0 amide bonds. The first-order chi connectivity index (χ1) is 8.67. The molecular formula is C13H18ClFN2O. The molecule has 1 saturated heterocycles. The molecule has 1 N–H and O–H groups in total. The van der Waals surface area contributed by atoms with Crippen LogP contribution in [0.15, 0.2) is 18.2 Å². The summed E-state index contributed by atoms with van der Waals surface area (Å²) in [5.74, 6) is -0.329. The van der Waals surface area contributed by atoms with Crippen LogP contribution in [0.4, 0.5) is 10.1 Å². The van der Waals surface area contributed by atoms with Gasteiger partial charge in [0, 0.05) is 30.3 Å². The summed E-state index contributed by atoms with van der Waals surface area (Å²) in [4.78, 5) is 2.34. The van der Waals surface area contributed by atoms with Gasteiger partial charge in [-0.15, -0.1) is 0 Å². The van der Waals surface area contributed by atoms with E-state index < -0.39 is 0 Å². The molecule has 1 atom stereocenters. The van der Waals surface area contributed by atoms with Crippen molar-refractivity contribution in [2.24, 2.45) is 0 Å². The van der Waals surface area contributed by atoms with Gasteiger partial charge in [0.05, 0.1) is 12.7 Å². The highest BCUT2D eigenvalue weighted by Gasteiger charge is 2.18. The number of nitrogens with one attached hydrogen (secondary N) is 1. The van der Waals surface area contributed by atoms with E-state index in [0.717, 1.165) is 26.2 Å². The number of morpholine rings is 1. The Balaban J connectivity index is 1.87. The van der Waals surface area contributed by atoms with Crippen LogP contribution in [0.2, 0.25) is 5.02 Å². The van der Waals surface area contributed by atoms with Crippen molar-refractivity contribution in [2.75, 3.05) is 38.1 Å². The Kier molecular flexibility index (Phi) is 4.80. The van der Waals surface area contributed by atoms with Crippen LogP contribution < -0.4 is 5.32 Å². The van der Waals surface area contributed by atoms with Gasteiger partial charge in [-0.05, 0) is 24.7 Å². The Morgan fingerprint density at radius 1 is 1.50 bits per heavy atom. The molecule has 18 heavy (non-hydrogen) atoms. The monoisotopic (exact) mass is 272 g/mol. The zero-order chi connectivity index (χ0) is 13.0. The summed E-state index contributed by atoms with van der Waals surface area (Å²) in [6, 6.07) is 4.44. The quantitative estimate of drug-likeness (QED) is 0.912. The molecule has 0 spiro atoms. The second-order valence-electron chi connectivity index (χ2n) is 4.43. The average Bonchev–Trinajstić information content (AvgIpc) is 2.35. The second kappa shape index (κ2) is 6.36. The molecule has 1 fully saturated rings. The number of hydrogen-bond acceptors (Lipinski definition) is 3. The van der Waals surface area contributed by atoms with Crippen LogP contribution in [0, 0.1) is 5.82 Å². The van der Waals surface area contributed by atoms with E-state index in [1.807, 2.05) is 0 Å². The van der Waals surface area contributed by atoms with Crippen LogP contribution in [-0.2, 0) is 4.74 Å². The lowest BCUT2D eigenvalue weighted by Gasteiger charge is -2.32. The van der Waals surface area contributed by atoms with Gasteiger partial charge in [0.15, 0.2) is 0 Å². The molecule has 0 radical (unpaired) electrons. The SMILES string of the molecule is CCN1CCOC(CNc2cc(F)cc(Cl)c2)C1. The molecule has 0 aliphatic carbocycles. The molecule has 100 valence electrons. The van der Waals surface area contributed by atoms with Crippen molar-refractivity contribution in [1.82, 2.24) is 4.90 Å². The zero-order valence-electron chi connectivity index (χ0n) is 10.5. The molecule has 2 rings (SSSR count). The summed E-state index contributed by atoms with van der Waals surface area (Å²) < 4.78 is 18.8. The number of nitrogens with zero attached hydrogens (tertiary/aromatic N) is 1. The van der Waals surface area contributed by atoms with Crippen molar-refractivity contribution >= 4 is 17.3 Å².